The molecule has 0 aliphatic carbocycles. The Hall–Kier alpha value is -1.80. The van der Waals surface area contributed by atoms with Gasteiger partial charge in [-0.3, -0.25) is 0 Å². The summed E-state index contributed by atoms with van der Waals surface area (Å²) in [6.45, 7) is 8.55. The predicted molar refractivity (Wildman–Crippen MR) is 86.9 cm³/mol. The zero-order chi connectivity index (χ0) is 15.5. The zero-order valence-electron chi connectivity index (χ0n) is 13.3. The summed E-state index contributed by atoms with van der Waals surface area (Å²) in [5, 5.41) is 9.78. The molecule has 0 saturated carbocycles. The van der Waals surface area contributed by atoms with Gasteiger partial charge in [0.1, 0.15) is 11.5 Å². The van der Waals surface area contributed by atoms with E-state index in [1.54, 1.807) is 0 Å². The summed E-state index contributed by atoms with van der Waals surface area (Å²) >= 11 is 0. The van der Waals surface area contributed by atoms with E-state index in [-0.39, 0.29) is 5.41 Å². The van der Waals surface area contributed by atoms with Crippen molar-refractivity contribution in [2.75, 3.05) is 0 Å². The lowest BCUT2D eigenvalue weighted by Crippen LogP contribution is -2.10. The lowest BCUT2D eigenvalue weighted by Gasteiger charge is -2.19. The average molecular weight is 284 g/mol. The minimum atomic E-state index is -0.398. The fourth-order valence-electron chi connectivity index (χ4n) is 2.15. The molecule has 2 rings (SSSR count). The maximum Gasteiger partial charge on any atom is 0.127 e. The molecule has 112 valence electrons. The highest BCUT2D eigenvalue weighted by atomic mass is 16.5. The quantitative estimate of drug-likeness (QED) is 0.834. The van der Waals surface area contributed by atoms with Crippen molar-refractivity contribution in [3.8, 4) is 11.5 Å². The van der Waals surface area contributed by atoms with Crippen molar-refractivity contribution in [3.05, 3.63) is 59.7 Å². The molecular formula is C19H24O2. The molecule has 0 amide bonds. The third-order valence-electron chi connectivity index (χ3n) is 3.61. The number of hydrogen-bond acceptors (Lipinski definition) is 2. The van der Waals surface area contributed by atoms with Crippen molar-refractivity contribution in [3.63, 3.8) is 0 Å². The molecule has 0 unspecified atom stereocenters. The largest absolute Gasteiger partial charge is 0.457 e. The molecule has 1 atom stereocenters. The fourth-order valence-corrected chi connectivity index (χ4v) is 2.15. The van der Waals surface area contributed by atoms with Gasteiger partial charge in [-0.05, 0) is 47.2 Å². The summed E-state index contributed by atoms with van der Waals surface area (Å²) in [6.07, 6.45) is 0.319. The van der Waals surface area contributed by atoms with Gasteiger partial charge < -0.3 is 9.84 Å². The summed E-state index contributed by atoms with van der Waals surface area (Å²) in [7, 11) is 0. The molecule has 2 nitrogen and oxygen atoms in total. The first-order chi connectivity index (χ1) is 9.90. The van der Waals surface area contributed by atoms with Crippen LogP contribution in [0.5, 0.6) is 11.5 Å². The van der Waals surface area contributed by atoms with Crippen LogP contribution in [0.1, 0.15) is 51.3 Å². The third kappa shape index (κ3) is 4.08. The fraction of sp³-hybridized carbons (Fsp3) is 0.368. The van der Waals surface area contributed by atoms with E-state index in [2.05, 4.69) is 32.9 Å². The van der Waals surface area contributed by atoms with Crippen LogP contribution in [0, 0.1) is 0 Å². The predicted octanol–water partition coefficient (Wildman–Crippen LogP) is 5.22. The molecule has 0 bridgehead atoms. The lowest BCUT2D eigenvalue weighted by molar-refractivity contribution is 0.173. The smallest absolute Gasteiger partial charge is 0.127 e. The topological polar surface area (TPSA) is 29.5 Å². The molecule has 0 aliphatic heterocycles. The van der Waals surface area contributed by atoms with Crippen molar-refractivity contribution >= 4 is 0 Å². The van der Waals surface area contributed by atoms with Gasteiger partial charge in [-0.2, -0.15) is 0 Å². The molecule has 0 heterocycles. The molecule has 0 fully saturated rings. The van der Waals surface area contributed by atoms with E-state index in [0.29, 0.717) is 6.42 Å². The molecule has 0 radical (unpaired) electrons. The van der Waals surface area contributed by atoms with Crippen molar-refractivity contribution in [2.24, 2.45) is 0 Å². The first kappa shape index (κ1) is 15.6. The van der Waals surface area contributed by atoms with Crippen LogP contribution >= 0.6 is 0 Å². The highest BCUT2D eigenvalue weighted by Crippen LogP contribution is 2.27. The number of ether oxygens (including phenoxy) is 1. The van der Waals surface area contributed by atoms with E-state index in [9.17, 15) is 5.11 Å². The molecule has 0 saturated heterocycles. The molecule has 21 heavy (non-hydrogen) atoms. The van der Waals surface area contributed by atoms with E-state index in [1.807, 2.05) is 43.3 Å². The molecule has 2 aromatic carbocycles. The van der Waals surface area contributed by atoms with E-state index >= 15 is 0 Å². The van der Waals surface area contributed by atoms with Gasteiger partial charge in [0.2, 0.25) is 0 Å². The Labute approximate surface area is 127 Å². The van der Waals surface area contributed by atoms with Crippen LogP contribution < -0.4 is 4.74 Å². The Balaban J connectivity index is 2.08. The highest BCUT2D eigenvalue weighted by Gasteiger charge is 2.13. The van der Waals surface area contributed by atoms with Crippen LogP contribution in [0.4, 0.5) is 0 Å². The Kier molecular flexibility index (Phi) is 4.69. The number of benzene rings is 2. The van der Waals surface area contributed by atoms with Gasteiger partial charge in [0.15, 0.2) is 0 Å². The second kappa shape index (κ2) is 6.31. The molecule has 2 heteroatoms. The maximum absolute atomic E-state index is 9.78. The number of aliphatic hydroxyl groups is 1. The summed E-state index contributed by atoms with van der Waals surface area (Å²) in [4.78, 5) is 0. The molecule has 2 aromatic rings. The summed E-state index contributed by atoms with van der Waals surface area (Å²) in [5.74, 6) is 1.61. The first-order valence-electron chi connectivity index (χ1n) is 7.46. The standard InChI is InChI=1S/C19H24O2/c1-5-18(20)14-6-10-16(11-7-14)21-17-12-8-15(9-13-17)19(2,3)4/h6-13,18,20H,5H2,1-4H3/t18-/m0/s1. The maximum atomic E-state index is 9.78. The van der Waals surface area contributed by atoms with Gasteiger partial charge in [-0.15, -0.1) is 0 Å². The SMILES string of the molecule is CC[C@H](O)c1ccc(Oc2ccc(C(C)(C)C)cc2)cc1. The van der Waals surface area contributed by atoms with Crippen LogP contribution in [0.15, 0.2) is 48.5 Å². The molecule has 0 spiro atoms. The minimum Gasteiger partial charge on any atom is -0.457 e. The highest BCUT2D eigenvalue weighted by molar-refractivity contribution is 5.36. The second-order valence-electron chi connectivity index (χ2n) is 6.37. The lowest BCUT2D eigenvalue weighted by atomic mass is 9.87. The van der Waals surface area contributed by atoms with Crippen molar-refractivity contribution < 1.29 is 9.84 Å². The van der Waals surface area contributed by atoms with E-state index in [4.69, 9.17) is 4.74 Å². The average Bonchev–Trinajstić information content (AvgIpc) is 2.47. The second-order valence-corrected chi connectivity index (χ2v) is 6.37. The Morgan fingerprint density at radius 1 is 0.905 bits per heavy atom. The minimum absolute atomic E-state index is 0.149. The van der Waals surface area contributed by atoms with E-state index in [0.717, 1.165) is 17.1 Å². The summed E-state index contributed by atoms with van der Waals surface area (Å²) in [6, 6.07) is 15.8. The van der Waals surface area contributed by atoms with Crippen molar-refractivity contribution in [1.29, 1.82) is 0 Å². The summed E-state index contributed by atoms with van der Waals surface area (Å²) in [5.41, 5.74) is 2.36. The van der Waals surface area contributed by atoms with Gasteiger partial charge >= 0.3 is 0 Å². The van der Waals surface area contributed by atoms with Crippen LogP contribution in [0.3, 0.4) is 0 Å². The number of aliphatic hydroxyl groups excluding tert-OH is 1. The third-order valence-corrected chi connectivity index (χ3v) is 3.61. The van der Waals surface area contributed by atoms with Gasteiger partial charge in [-0.1, -0.05) is 52.0 Å². The van der Waals surface area contributed by atoms with Crippen LogP contribution in [-0.4, -0.2) is 5.11 Å². The van der Waals surface area contributed by atoms with Crippen LogP contribution in [0.25, 0.3) is 0 Å². The summed E-state index contributed by atoms with van der Waals surface area (Å²) < 4.78 is 5.83. The van der Waals surface area contributed by atoms with Crippen LogP contribution in [0.2, 0.25) is 0 Å². The number of hydrogen-bond donors (Lipinski definition) is 1. The van der Waals surface area contributed by atoms with Gasteiger partial charge in [0.25, 0.3) is 0 Å². The van der Waals surface area contributed by atoms with Gasteiger partial charge in [-0.25, -0.2) is 0 Å². The monoisotopic (exact) mass is 284 g/mol. The normalized spacial score (nSPS) is 13.0. The van der Waals surface area contributed by atoms with E-state index in [1.165, 1.54) is 5.56 Å². The van der Waals surface area contributed by atoms with Gasteiger partial charge in [0.05, 0.1) is 6.10 Å². The Morgan fingerprint density at radius 2 is 1.38 bits per heavy atom. The Morgan fingerprint density at radius 3 is 1.81 bits per heavy atom. The molecule has 1 N–H and O–H groups in total. The Bertz CT molecular complexity index is 562. The molecule has 0 aliphatic rings. The molecular weight excluding hydrogens is 260 g/mol. The van der Waals surface area contributed by atoms with Gasteiger partial charge in [0, 0.05) is 0 Å². The first-order valence-corrected chi connectivity index (χ1v) is 7.46. The molecule has 0 aromatic heterocycles. The van der Waals surface area contributed by atoms with E-state index < -0.39 is 6.10 Å². The van der Waals surface area contributed by atoms with Crippen molar-refractivity contribution in [2.45, 2.75) is 45.6 Å². The zero-order valence-corrected chi connectivity index (χ0v) is 13.3. The van der Waals surface area contributed by atoms with Crippen LogP contribution in [-0.2, 0) is 5.41 Å². The number of rotatable bonds is 4. The van der Waals surface area contributed by atoms with Crippen molar-refractivity contribution in [1.82, 2.24) is 0 Å².